The summed E-state index contributed by atoms with van der Waals surface area (Å²) in [6.45, 7) is 6.27. The molecule has 1 N–H and O–H groups in total. The SMILES string of the molecule is Cc1ccc(NC(=O)CSc2nncn2-c2ccc(C(C)C)cc2)c(Cl)c1. The Morgan fingerprint density at radius 2 is 1.96 bits per heavy atom. The Hall–Kier alpha value is -2.31. The zero-order chi connectivity index (χ0) is 19.4. The van der Waals surface area contributed by atoms with Crippen LogP contribution in [0.3, 0.4) is 0 Å². The van der Waals surface area contributed by atoms with Crippen LogP contribution < -0.4 is 5.32 Å². The second-order valence-electron chi connectivity index (χ2n) is 6.55. The predicted molar refractivity (Wildman–Crippen MR) is 111 cm³/mol. The van der Waals surface area contributed by atoms with Crippen molar-refractivity contribution in [1.29, 1.82) is 0 Å². The first-order chi connectivity index (χ1) is 12.9. The molecule has 0 aliphatic heterocycles. The first-order valence-corrected chi connectivity index (χ1v) is 9.99. The minimum Gasteiger partial charge on any atom is -0.324 e. The molecule has 140 valence electrons. The van der Waals surface area contributed by atoms with Gasteiger partial charge in [0.15, 0.2) is 5.16 Å². The van der Waals surface area contributed by atoms with Crippen LogP contribution in [-0.2, 0) is 4.79 Å². The number of halogens is 1. The quantitative estimate of drug-likeness (QED) is 0.586. The topological polar surface area (TPSA) is 59.8 Å². The van der Waals surface area contributed by atoms with Crippen LogP contribution in [0.4, 0.5) is 5.69 Å². The van der Waals surface area contributed by atoms with Crippen LogP contribution in [0.15, 0.2) is 53.9 Å². The Kier molecular flexibility index (Phi) is 6.19. The molecular weight excluding hydrogens is 380 g/mol. The number of anilines is 1. The van der Waals surface area contributed by atoms with Gasteiger partial charge < -0.3 is 5.32 Å². The van der Waals surface area contributed by atoms with Crippen molar-refractivity contribution < 1.29 is 4.79 Å². The molecule has 3 aromatic rings. The molecule has 7 heteroatoms. The molecule has 0 saturated carbocycles. The van der Waals surface area contributed by atoms with Gasteiger partial charge in [-0.2, -0.15) is 0 Å². The van der Waals surface area contributed by atoms with Crippen LogP contribution in [0, 0.1) is 6.92 Å². The van der Waals surface area contributed by atoms with Gasteiger partial charge in [0.25, 0.3) is 0 Å². The molecule has 3 rings (SSSR count). The van der Waals surface area contributed by atoms with Crippen LogP contribution in [0.25, 0.3) is 5.69 Å². The van der Waals surface area contributed by atoms with Gasteiger partial charge in [-0.3, -0.25) is 9.36 Å². The molecule has 2 aromatic carbocycles. The van der Waals surface area contributed by atoms with E-state index in [0.717, 1.165) is 11.3 Å². The van der Waals surface area contributed by atoms with Crippen LogP contribution in [0.1, 0.15) is 30.9 Å². The van der Waals surface area contributed by atoms with E-state index in [9.17, 15) is 4.79 Å². The van der Waals surface area contributed by atoms with Crippen LogP contribution in [-0.4, -0.2) is 26.4 Å². The van der Waals surface area contributed by atoms with Crippen molar-refractivity contribution in [3.63, 3.8) is 0 Å². The number of hydrogen-bond acceptors (Lipinski definition) is 4. The molecule has 1 aromatic heterocycles. The number of amides is 1. The molecule has 0 radical (unpaired) electrons. The van der Waals surface area contributed by atoms with Crippen molar-refractivity contribution in [2.75, 3.05) is 11.1 Å². The number of aryl methyl sites for hydroxylation is 1. The molecule has 5 nitrogen and oxygen atoms in total. The number of hydrogen-bond donors (Lipinski definition) is 1. The van der Waals surface area contributed by atoms with Gasteiger partial charge in [0.1, 0.15) is 6.33 Å². The van der Waals surface area contributed by atoms with Crippen molar-refractivity contribution >= 4 is 35.0 Å². The Morgan fingerprint density at radius 3 is 2.63 bits per heavy atom. The van der Waals surface area contributed by atoms with E-state index in [-0.39, 0.29) is 11.7 Å². The van der Waals surface area contributed by atoms with Gasteiger partial charge in [-0.1, -0.05) is 55.4 Å². The highest BCUT2D eigenvalue weighted by atomic mass is 35.5. The summed E-state index contributed by atoms with van der Waals surface area (Å²) in [5.41, 5.74) is 3.90. The second kappa shape index (κ2) is 8.59. The Bertz CT molecular complexity index is 937. The zero-order valence-electron chi connectivity index (χ0n) is 15.4. The molecule has 0 aliphatic carbocycles. The summed E-state index contributed by atoms with van der Waals surface area (Å²) in [6.07, 6.45) is 1.65. The van der Waals surface area contributed by atoms with Gasteiger partial charge in [-0.15, -0.1) is 10.2 Å². The standard InChI is InChI=1S/C20H21ClN4OS/c1-13(2)15-5-7-16(8-6-15)25-12-22-24-20(25)27-11-19(26)23-18-9-4-14(3)10-17(18)21/h4-10,12-13H,11H2,1-3H3,(H,23,26). The Labute approximate surface area is 168 Å². The highest BCUT2D eigenvalue weighted by molar-refractivity contribution is 7.99. The van der Waals surface area contributed by atoms with Crippen LogP contribution >= 0.6 is 23.4 Å². The van der Waals surface area contributed by atoms with Crippen molar-refractivity contribution in [3.8, 4) is 5.69 Å². The smallest absolute Gasteiger partial charge is 0.234 e. The molecule has 0 saturated heterocycles. The maximum absolute atomic E-state index is 12.3. The van der Waals surface area contributed by atoms with Crippen molar-refractivity contribution in [3.05, 3.63) is 64.9 Å². The fourth-order valence-electron chi connectivity index (χ4n) is 2.56. The largest absolute Gasteiger partial charge is 0.324 e. The third kappa shape index (κ3) is 4.90. The second-order valence-corrected chi connectivity index (χ2v) is 7.90. The number of nitrogens with zero attached hydrogens (tertiary/aromatic N) is 3. The lowest BCUT2D eigenvalue weighted by Gasteiger charge is -2.10. The van der Waals surface area contributed by atoms with E-state index >= 15 is 0 Å². The molecule has 0 spiro atoms. The summed E-state index contributed by atoms with van der Waals surface area (Å²) in [5.74, 6) is 0.550. The summed E-state index contributed by atoms with van der Waals surface area (Å²) in [5, 5.41) is 12.1. The third-order valence-corrected chi connectivity index (χ3v) is 5.34. The summed E-state index contributed by atoms with van der Waals surface area (Å²) in [4.78, 5) is 12.3. The molecule has 0 aliphatic rings. The maximum Gasteiger partial charge on any atom is 0.234 e. The Balaban J connectivity index is 1.65. The summed E-state index contributed by atoms with van der Waals surface area (Å²) >= 11 is 7.50. The molecule has 1 heterocycles. The van der Waals surface area contributed by atoms with E-state index in [1.165, 1.54) is 17.3 Å². The first kappa shape index (κ1) is 19.5. The number of thioether (sulfide) groups is 1. The average Bonchev–Trinajstić information content (AvgIpc) is 3.11. The van der Waals surface area contributed by atoms with E-state index in [0.29, 0.717) is 21.8 Å². The maximum atomic E-state index is 12.3. The predicted octanol–water partition coefficient (Wildman–Crippen LogP) is 5.08. The first-order valence-electron chi connectivity index (χ1n) is 8.63. The van der Waals surface area contributed by atoms with Gasteiger partial charge in [0, 0.05) is 5.69 Å². The summed E-state index contributed by atoms with van der Waals surface area (Å²) < 4.78 is 1.88. The highest BCUT2D eigenvalue weighted by Gasteiger charge is 2.12. The summed E-state index contributed by atoms with van der Waals surface area (Å²) in [7, 11) is 0. The van der Waals surface area contributed by atoms with E-state index in [1.54, 1.807) is 12.4 Å². The molecule has 0 atom stereocenters. The lowest BCUT2D eigenvalue weighted by molar-refractivity contribution is -0.113. The van der Waals surface area contributed by atoms with E-state index in [4.69, 9.17) is 11.6 Å². The lowest BCUT2D eigenvalue weighted by atomic mass is 10.0. The fraction of sp³-hybridized carbons (Fsp3) is 0.250. The summed E-state index contributed by atoms with van der Waals surface area (Å²) in [6, 6.07) is 13.8. The monoisotopic (exact) mass is 400 g/mol. The average molecular weight is 401 g/mol. The third-order valence-electron chi connectivity index (χ3n) is 4.09. The number of aromatic nitrogens is 3. The van der Waals surface area contributed by atoms with Crippen molar-refractivity contribution in [1.82, 2.24) is 14.8 Å². The van der Waals surface area contributed by atoms with Crippen molar-refractivity contribution in [2.45, 2.75) is 31.8 Å². The number of rotatable bonds is 6. The van der Waals surface area contributed by atoms with E-state index < -0.39 is 0 Å². The number of nitrogens with one attached hydrogen (secondary N) is 1. The number of carbonyl (C=O) groups excluding carboxylic acids is 1. The van der Waals surface area contributed by atoms with Gasteiger partial charge in [-0.05, 0) is 48.2 Å². The van der Waals surface area contributed by atoms with Crippen molar-refractivity contribution in [2.24, 2.45) is 0 Å². The lowest BCUT2D eigenvalue weighted by Crippen LogP contribution is -2.14. The van der Waals surface area contributed by atoms with E-state index in [1.807, 2.05) is 35.8 Å². The van der Waals surface area contributed by atoms with Gasteiger partial charge in [-0.25, -0.2) is 0 Å². The minimum absolute atomic E-state index is 0.143. The van der Waals surface area contributed by atoms with Gasteiger partial charge in [0.2, 0.25) is 5.91 Å². The normalized spacial score (nSPS) is 11.0. The Morgan fingerprint density at radius 1 is 1.22 bits per heavy atom. The number of carbonyl (C=O) groups is 1. The molecular formula is C20H21ClN4OS. The van der Waals surface area contributed by atoms with E-state index in [2.05, 4.69) is 41.5 Å². The number of benzene rings is 2. The molecule has 1 amide bonds. The molecule has 0 fully saturated rings. The van der Waals surface area contributed by atoms with Crippen LogP contribution in [0.5, 0.6) is 0 Å². The highest BCUT2D eigenvalue weighted by Crippen LogP contribution is 2.24. The molecule has 27 heavy (non-hydrogen) atoms. The zero-order valence-corrected chi connectivity index (χ0v) is 17.0. The van der Waals surface area contributed by atoms with Crippen LogP contribution in [0.2, 0.25) is 5.02 Å². The molecule has 0 unspecified atom stereocenters. The fourth-order valence-corrected chi connectivity index (χ4v) is 3.57. The minimum atomic E-state index is -0.143. The van der Waals surface area contributed by atoms with Gasteiger partial charge >= 0.3 is 0 Å². The van der Waals surface area contributed by atoms with Gasteiger partial charge in [0.05, 0.1) is 16.5 Å². The molecule has 0 bridgehead atoms.